The minimum atomic E-state index is -0.178. The Kier molecular flexibility index (Phi) is 6.48. The average molecular weight is 330 g/mol. The highest BCUT2D eigenvalue weighted by Crippen LogP contribution is 2.26. The van der Waals surface area contributed by atoms with Crippen LogP contribution in [0.15, 0.2) is 22.7 Å². The maximum absolute atomic E-state index is 13.6. The molecular formula is C16H25BrFN. The van der Waals surface area contributed by atoms with E-state index in [1.807, 2.05) is 6.07 Å². The van der Waals surface area contributed by atoms with E-state index in [9.17, 15) is 4.39 Å². The third kappa shape index (κ3) is 6.05. The number of nitrogens with one attached hydrogen (secondary N) is 1. The minimum Gasteiger partial charge on any atom is -0.314 e. The Labute approximate surface area is 125 Å². The number of benzene rings is 1. The molecule has 1 aromatic carbocycles. The molecule has 1 unspecified atom stereocenters. The molecule has 1 N–H and O–H groups in total. The van der Waals surface area contributed by atoms with Crippen molar-refractivity contribution in [3.63, 3.8) is 0 Å². The van der Waals surface area contributed by atoms with Gasteiger partial charge in [0, 0.05) is 6.04 Å². The molecule has 1 nitrogen and oxygen atoms in total. The molecule has 0 heterocycles. The Morgan fingerprint density at radius 1 is 1.32 bits per heavy atom. The van der Waals surface area contributed by atoms with Crippen molar-refractivity contribution in [1.29, 1.82) is 0 Å². The van der Waals surface area contributed by atoms with Gasteiger partial charge in [-0.1, -0.05) is 39.8 Å². The molecule has 0 bridgehead atoms. The first-order valence-corrected chi connectivity index (χ1v) is 7.79. The summed E-state index contributed by atoms with van der Waals surface area (Å²) in [5, 5.41) is 3.58. The molecule has 0 radical (unpaired) electrons. The third-order valence-electron chi connectivity index (χ3n) is 3.04. The highest BCUT2D eigenvalue weighted by molar-refractivity contribution is 9.10. The van der Waals surface area contributed by atoms with Crippen molar-refractivity contribution in [2.75, 3.05) is 6.54 Å². The Balaban J connectivity index is 2.78. The van der Waals surface area contributed by atoms with Gasteiger partial charge >= 0.3 is 0 Å². The van der Waals surface area contributed by atoms with E-state index in [0.717, 1.165) is 31.4 Å². The van der Waals surface area contributed by atoms with Gasteiger partial charge in [0.15, 0.2) is 0 Å². The molecule has 0 aliphatic carbocycles. The minimum absolute atomic E-state index is 0.178. The third-order valence-corrected chi connectivity index (χ3v) is 3.93. The van der Waals surface area contributed by atoms with E-state index < -0.39 is 0 Å². The molecule has 1 rings (SSSR count). The highest BCUT2D eigenvalue weighted by Gasteiger charge is 2.19. The summed E-state index contributed by atoms with van der Waals surface area (Å²) in [6.07, 6.45) is 3.05. The van der Waals surface area contributed by atoms with Crippen LogP contribution >= 0.6 is 15.9 Å². The summed E-state index contributed by atoms with van der Waals surface area (Å²) >= 11 is 3.35. The van der Waals surface area contributed by atoms with Crippen molar-refractivity contribution in [3.05, 3.63) is 34.1 Å². The van der Waals surface area contributed by atoms with Gasteiger partial charge in [0.05, 0.1) is 4.47 Å². The highest BCUT2D eigenvalue weighted by atomic mass is 79.9. The van der Waals surface area contributed by atoms with Crippen LogP contribution in [0, 0.1) is 11.2 Å². The van der Waals surface area contributed by atoms with Crippen molar-refractivity contribution in [1.82, 2.24) is 5.32 Å². The van der Waals surface area contributed by atoms with Crippen LogP contribution in [0.25, 0.3) is 0 Å². The lowest BCUT2D eigenvalue weighted by molar-refractivity contribution is 0.306. The maximum atomic E-state index is 13.6. The van der Waals surface area contributed by atoms with Gasteiger partial charge in [-0.05, 0) is 58.8 Å². The fraction of sp³-hybridized carbons (Fsp3) is 0.625. The Bertz CT molecular complexity index is 398. The molecule has 0 aliphatic rings. The van der Waals surface area contributed by atoms with Crippen molar-refractivity contribution in [3.8, 4) is 0 Å². The maximum Gasteiger partial charge on any atom is 0.137 e. The fourth-order valence-corrected chi connectivity index (χ4v) is 2.70. The zero-order valence-corrected chi connectivity index (χ0v) is 14.0. The number of halogens is 2. The molecule has 1 atom stereocenters. The number of rotatable bonds is 6. The molecule has 0 fully saturated rings. The predicted molar refractivity (Wildman–Crippen MR) is 84.0 cm³/mol. The molecule has 108 valence electrons. The van der Waals surface area contributed by atoms with Crippen molar-refractivity contribution < 1.29 is 4.39 Å². The van der Waals surface area contributed by atoms with Gasteiger partial charge in [-0.25, -0.2) is 4.39 Å². The second-order valence-electron chi connectivity index (χ2n) is 6.33. The first kappa shape index (κ1) is 16.6. The lowest BCUT2D eigenvalue weighted by Gasteiger charge is -2.27. The van der Waals surface area contributed by atoms with Gasteiger partial charge in [0.25, 0.3) is 0 Å². The van der Waals surface area contributed by atoms with Gasteiger partial charge in [0.2, 0.25) is 0 Å². The van der Waals surface area contributed by atoms with E-state index in [4.69, 9.17) is 0 Å². The van der Waals surface area contributed by atoms with Crippen molar-refractivity contribution in [2.24, 2.45) is 5.41 Å². The predicted octanol–water partition coefficient (Wildman–Crippen LogP) is 4.94. The molecule has 0 saturated carbocycles. The quantitative estimate of drug-likeness (QED) is 0.779. The summed E-state index contributed by atoms with van der Waals surface area (Å²) in [6.45, 7) is 9.91. The zero-order chi connectivity index (χ0) is 14.5. The normalized spacial score (nSPS) is 13.6. The van der Waals surface area contributed by atoms with Crippen LogP contribution in [0.3, 0.4) is 0 Å². The van der Waals surface area contributed by atoms with Gasteiger partial charge in [-0.15, -0.1) is 0 Å². The van der Waals surface area contributed by atoms with E-state index in [0.29, 0.717) is 10.5 Å². The second kappa shape index (κ2) is 7.39. The summed E-state index contributed by atoms with van der Waals surface area (Å²) in [6, 6.07) is 5.66. The Morgan fingerprint density at radius 2 is 2.00 bits per heavy atom. The smallest absolute Gasteiger partial charge is 0.137 e. The lowest BCUT2D eigenvalue weighted by atomic mass is 9.86. The largest absolute Gasteiger partial charge is 0.314 e. The molecule has 0 aromatic heterocycles. The molecule has 0 aliphatic heterocycles. The van der Waals surface area contributed by atoms with E-state index in [2.05, 4.69) is 48.9 Å². The molecule has 1 aromatic rings. The number of hydrogen-bond donors (Lipinski definition) is 1. The van der Waals surface area contributed by atoms with Crippen LogP contribution in [0.5, 0.6) is 0 Å². The molecule has 19 heavy (non-hydrogen) atoms. The van der Waals surface area contributed by atoms with E-state index in [1.165, 1.54) is 6.07 Å². The van der Waals surface area contributed by atoms with Gasteiger partial charge in [-0.2, -0.15) is 0 Å². The Hall–Kier alpha value is -0.410. The fourth-order valence-electron chi connectivity index (χ4n) is 2.28. The molecule has 0 amide bonds. The van der Waals surface area contributed by atoms with Crippen LogP contribution in [-0.2, 0) is 6.42 Å². The van der Waals surface area contributed by atoms with Crippen LogP contribution in [0.2, 0.25) is 0 Å². The van der Waals surface area contributed by atoms with Crippen LogP contribution < -0.4 is 5.32 Å². The second-order valence-corrected chi connectivity index (χ2v) is 7.13. The zero-order valence-electron chi connectivity index (χ0n) is 12.4. The van der Waals surface area contributed by atoms with Crippen LogP contribution in [0.4, 0.5) is 4.39 Å². The molecule has 3 heteroatoms. The summed E-state index contributed by atoms with van der Waals surface area (Å²) in [4.78, 5) is 0. The van der Waals surface area contributed by atoms with Crippen molar-refractivity contribution >= 4 is 15.9 Å². The van der Waals surface area contributed by atoms with Crippen LogP contribution in [-0.4, -0.2) is 12.6 Å². The SMILES string of the molecule is CCCNC(Cc1cccc(F)c1Br)CC(C)(C)C. The van der Waals surface area contributed by atoms with E-state index >= 15 is 0 Å². The van der Waals surface area contributed by atoms with Gasteiger partial charge < -0.3 is 5.32 Å². The summed E-state index contributed by atoms with van der Waals surface area (Å²) in [7, 11) is 0. The summed E-state index contributed by atoms with van der Waals surface area (Å²) in [5.74, 6) is -0.178. The molecular weight excluding hydrogens is 305 g/mol. The van der Waals surface area contributed by atoms with Crippen molar-refractivity contribution in [2.45, 2.75) is 53.0 Å². The summed E-state index contributed by atoms with van der Waals surface area (Å²) in [5.41, 5.74) is 1.31. The first-order chi connectivity index (χ1) is 8.83. The lowest BCUT2D eigenvalue weighted by Crippen LogP contribution is -2.35. The standard InChI is InChI=1S/C16H25BrFN/c1-5-9-19-13(11-16(2,3)4)10-12-7-6-8-14(18)15(12)17/h6-8,13,19H,5,9-11H2,1-4H3. The topological polar surface area (TPSA) is 12.0 Å². The Morgan fingerprint density at radius 3 is 2.58 bits per heavy atom. The molecule has 0 spiro atoms. The van der Waals surface area contributed by atoms with E-state index in [1.54, 1.807) is 6.07 Å². The van der Waals surface area contributed by atoms with Crippen LogP contribution in [0.1, 0.15) is 46.1 Å². The average Bonchev–Trinajstić information content (AvgIpc) is 2.30. The van der Waals surface area contributed by atoms with Gasteiger partial charge in [-0.3, -0.25) is 0 Å². The van der Waals surface area contributed by atoms with Gasteiger partial charge in [0.1, 0.15) is 5.82 Å². The van der Waals surface area contributed by atoms with E-state index in [-0.39, 0.29) is 11.2 Å². The monoisotopic (exact) mass is 329 g/mol. The first-order valence-electron chi connectivity index (χ1n) is 6.99. The summed E-state index contributed by atoms with van der Waals surface area (Å²) < 4.78 is 14.2. The number of hydrogen-bond acceptors (Lipinski definition) is 1. The molecule has 0 saturated heterocycles.